The van der Waals surface area contributed by atoms with E-state index in [2.05, 4.69) is 42.8 Å². The number of anilines is 1. The molecule has 5 amide bonds. The Morgan fingerprint density at radius 1 is 0.964 bits per heavy atom. The van der Waals surface area contributed by atoms with Crippen LogP contribution in [0.15, 0.2) is 29.8 Å². The predicted octanol–water partition coefficient (Wildman–Crippen LogP) is 5.01. The first-order valence-corrected chi connectivity index (χ1v) is 20.8. The van der Waals surface area contributed by atoms with Gasteiger partial charge in [0.2, 0.25) is 17.7 Å². The van der Waals surface area contributed by atoms with E-state index in [0.717, 1.165) is 48.3 Å². The number of rotatable bonds is 15. The molecule has 4 fully saturated rings. The zero-order valence-electron chi connectivity index (χ0n) is 32.8. The number of ether oxygens (including phenoxy) is 2. The highest BCUT2D eigenvalue weighted by Crippen LogP contribution is 2.67. The maximum Gasteiger partial charge on any atom is 0.264 e. The molecule has 3 saturated carbocycles. The van der Waals surface area contributed by atoms with Crippen molar-refractivity contribution in [3.8, 4) is 0 Å². The summed E-state index contributed by atoms with van der Waals surface area (Å²) in [5, 5.41) is 18.7. The lowest BCUT2D eigenvalue weighted by Crippen LogP contribution is -2.54. The fourth-order valence-corrected chi connectivity index (χ4v) is 11.8. The Balaban J connectivity index is 0.760. The first-order chi connectivity index (χ1) is 26.4. The third kappa shape index (κ3) is 7.75. The van der Waals surface area contributed by atoms with E-state index in [1.165, 1.54) is 37.7 Å². The molecule has 4 N–H and O–H groups in total. The molecule has 7 rings (SSSR count). The smallest absolute Gasteiger partial charge is 0.264 e. The maximum atomic E-state index is 13.2. The third-order valence-corrected chi connectivity index (χ3v) is 14.6. The number of nitrogens with zero attached hydrogens (tertiary/aromatic N) is 1. The average Bonchev–Trinajstić information content (AvgIpc) is 3.65. The zero-order valence-corrected chi connectivity index (χ0v) is 32.8. The number of benzene rings is 1. The number of nitrogens with one attached hydrogen (secondary N) is 3. The van der Waals surface area contributed by atoms with Crippen molar-refractivity contribution in [1.82, 2.24) is 15.5 Å². The van der Waals surface area contributed by atoms with E-state index in [-0.39, 0.29) is 41.4 Å². The summed E-state index contributed by atoms with van der Waals surface area (Å²) in [6.45, 7) is 9.74. The fourth-order valence-electron chi connectivity index (χ4n) is 11.8. The molecule has 0 spiro atoms. The van der Waals surface area contributed by atoms with Gasteiger partial charge in [0, 0.05) is 31.6 Å². The van der Waals surface area contributed by atoms with Crippen molar-refractivity contribution < 1.29 is 38.6 Å². The van der Waals surface area contributed by atoms with Crippen LogP contribution in [0.4, 0.5) is 5.69 Å². The predicted molar refractivity (Wildman–Crippen MR) is 206 cm³/mol. The molecule has 1 aromatic rings. The quantitative estimate of drug-likeness (QED) is 0.109. The summed E-state index contributed by atoms with van der Waals surface area (Å²) in [6.07, 6.45) is 13.2. The summed E-state index contributed by atoms with van der Waals surface area (Å²) < 4.78 is 11.3. The Bertz CT molecular complexity index is 1700. The molecule has 1 aromatic carbocycles. The summed E-state index contributed by atoms with van der Waals surface area (Å²) in [7, 11) is 0. The summed E-state index contributed by atoms with van der Waals surface area (Å²) in [5.74, 6) is 1.35. The van der Waals surface area contributed by atoms with Gasteiger partial charge in [-0.2, -0.15) is 0 Å². The van der Waals surface area contributed by atoms with Crippen LogP contribution >= 0.6 is 0 Å². The Kier molecular flexibility index (Phi) is 11.9. The van der Waals surface area contributed by atoms with Crippen LogP contribution in [0, 0.1) is 40.4 Å². The van der Waals surface area contributed by atoms with Crippen molar-refractivity contribution in [1.29, 1.82) is 0 Å². The molecule has 1 unspecified atom stereocenters. The van der Waals surface area contributed by atoms with Crippen molar-refractivity contribution in [2.24, 2.45) is 40.4 Å². The molecular weight excluding hydrogens is 700 g/mol. The van der Waals surface area contributed by atoms with Crippen molar-refractivity contribution in [2.45, 2.75) is 110 Å². The van der Waals surface area contributed by atoms with Gasteiger partial charge in [-0.05, 0) is 117 Å². The second-order valence-electron chi connectivity index (χ2n) is 17.6. The molecule has 2 aliphatic heterocycles. The summed E-state index contributed by atoms with van der Waals surface area (Å²) >= 11 is 0. The van der Waals surface area contributed by atoms with Gasteiger partial charge in [0.1, 0.15) is 6.04 Å². The van der Waals surface area contributed by atoms with E-state index in [4.69, 9.17) is 9.47 Å². The topological polar surface area (TPSA) is 163 Å². The van der Waals surface area contributed by atoms with E-state index in [1.807, 2.05) is 0 Å². The van der Waals surface area contributed by atoms with Crippen molar-refractivity contribution >= 4 is 35.2 Å². The lowest BCUT2D eigenvalue weighted by atomic mass is 9.47. The highest BCUT2D eigenvalue weighted by Gasteiger charge is 2.59. The normalized spacial score (nSPS) is 33.2. The molecule has 9 atom stereocenters. The van der Waals surface area contributed by atoms with Crippen LogP contribution in [0.5, 0.6) is 0 Å². The fraction of sp³-hybridized carbons (Fsp3) is 0.698. The SMILES string of the molecule is C[C@H](CCC(=O)NCCOCCOCCNc1cccc2c1C(=O)N(C1CCC(=O)NC1=O)C2=O)[C@H]1CC[C@H]2[C@@H]3CC=C4C[C@@H](O)CC[C@]4(C)[C@H]3CC[C@]12C. The molecule has 55 heavy (non-hydrogen) atoms. The van der Waals surface area contributed by atoms with Crippen LogP contribution in [0.1, 0.15) is 119 Å². The molecule has 0 aromatic heterocycles. The molecule has 12 nitrogen and oxygen atoms in total. The van der Waals surface area contributed by atoms with Gasteiger partial charge >= 0.3 is 0 Å². The van der Waals surface area contributed by atoms with Crippen molar-refractivity contribution in [3.63, 3.8) is 0 Å². The van der Waals surface area contributed by atoms with Gasteiger partial charge in [-0.15, -0.1) is 0 Å². The number of piperidine rings is 1. The largest absolute Gasteiger partial charge is 0.393 e. The molecule has 0 bridgehead atoms. The lowest BCUT2D eigenvalue weighted by molar-refractivity contribution is -0.136. The van der Waals surface area contributed by atoms with Crippen LogP contribution in [0.3, 0.4) is 0 Å². The highest BCUT2D eigenvalue weighted by atomic mass is 16.5. The van der Waals surface area contributed by atoms with Gasteiger partial charge in [0.05, 0.1) is 43.7 Å². The van der Waals surface area contributed by atoms with Gasteiger partial charge in [-0.3, -0.25) is 34.2 Å². The monoisotopic (exact) mass is 760 g/mol. The first-order valence-electron chi connectivity index (χ1n) is 20.8. The molecule has 6 aliphatic rings. The molecular formula is C43H60N4O8. The highest BCUT2D eigenvalue weighted by molar-refractivity contribution is 6.25. The van der Waals surface area contributed by atoms with Gasteiger partial charge in [0.15, 0.2) is 0 Å². The zero-order chi connectivity index (χ0) is 38.9. The van der Waals surface area contributed by atoms with E-state index in [1.54, 1.807) is 18.2 Å². The number of aliphatic hydroxyl groups excluding tert-OH is 1. The lowest BCUT2D eigenvalue weighted by Gasteiger charge is -2.58. The Hall–Kier alpha value is -3.61. The van der Waals surface area contributed by atoms with Crippen LogP contribution in [-0.4, -0.2) is 91.2 Å². The van der Waals surface area contributed by atoms with Crippen molar-refractivity contribution in [3.05, 3.63) is 41.0 Å². The Labute approximate surface area is 324 Å². The van der Waals surface area contributed by atoms with E-state index in [0.29, 0.717) is 68.9 Å². The standard InChI is InChI=1S/C43H60N4O8/c1-26(31-10-11-32-29-9-8-27-25-28(48)15-17-42(27,2)33(29)16-18-43(31,32)3)7-13-36(49)45-20-22-55-24-23-54-21-19-44-34-6-4-5-30-38(34)41(53)47(40(30)52)35-12-14-37(50)46-39(35)51/h4-6,8,26,28-29,31-33,35,44,48H,7,9-25H2,1-3H3,(H,45,49)(H,46,50,51)/t26-,28+,29+,31-,32+,33+,35?,42+,43-/m1/s1. The van der Waals surface area contributed by atoms with Gasteiger partial charge < -0.3 is 25.2 Å². The number of allylic oxidation sites excluding steroid dienone is 1. The molecule has 12 heteroatoms. The molecule has 0 radical (unpaired) electrons. The summed E-state index contributed by atoms with van der Waals surface area (Å²) in [4.78, 5) is 63.9. The number of hydrogen-bond acceptors (Lipinski definition) is 9. The maximum absolute atomic E-state index is 13.2. The van der Waals surface area contributed by atoms with Crippen LogP contribution in [-0.2, 0) is 23.9 Å². The van der Waals surface area contributed by atoms with Crippen LogP contribution in [0.25, 0.3) is 0 Å². The van der Waals surface area contributed by atoms with E-state index in [9.17, 15) is 29.1 Å². The average molecular weight is 761 g/mol. The second kappa shape index (κ2) is 16.5. The Morgan fingerprint density at radius 3 is 2.53 bits per heavy atom. The van der Waals surface area contributed by atoms with Gasteiger partial charge in [-0.1, -0.05) is 38.5 Å². The number of aliphatic hydroxyl groups is 1. The number of carbonyl (C=O) groups excluding carboxylic acids is 5. The van der Waals surface area contributed by atoms with Crippen LogP contribution < -0.4 is 16.0 Å². The van der Waals surface area contributed by atoms with E-state index >= 15 is 0 Å². The number of imide groups is 2. The van der Waals surface area contributed by atoms with Crippen molar-refractivity contribution in [2.75, 3.05) is 44.8 Å². The second-order valence-corrected chi connectivity index (χ2v) is 17.6. The Morgan fingerprint density at radius 2 is 1.75 bits per heavy atom. The molecule has 4 aliphatic carbocycles. The van der Waals surface area contributed by atoms with E-state index < -0.39 is 29.7 Å². The minimum atomic E-state index is -1.01. The molecule has 1 saturated heterocycles. The third-order valence-electron chi connectivity index (χ3n) is 14.6. The first kappa shape index (κ1) is 39.6. The van der Waals surface area contributed by atoms with Gasteiger partial charge in [-0.25, -0.2) is 0 Å². The minimum Gasteiger partial charge on any atom is -0.393 e. The number of carbonyl (C=O) groups is 5. The molecule has 2 heterocycles. The summed E-state index contributed by atoms with van der Waals surface area (Å²) in [6, 6.07) is 3.94. The number of hydrogen-bond donors (Lipinski definition) is 4. The minimum absolute atomic E-state index is 0.0684. The molecule has 300 valence electrons. The number of fused-ring (bicyclic) bond motifs is 6. The van der Waals surface area contributed by atoms with Crippen LogP contribution in [0.2, 0.25) is 0 Å². The summed E-state index contributed by atoms with van der Waals surface area (Å²) in [5.41, 5.74) is 3.07. The van der Waals surface area contributed by atoms with Gasteiger partial charge in [0.25, 0.3) is 11.8 Å². The number of amides is 5.